The van der Waals surface area contributed by atoms with E-state index in [9.17, 15) is 13.2 Å². The summed E-state index contributed by atoms with van der Waals surface area (Å²) in [6.45, 7) is -0.213. The van der Waals surface area contributed by atoms with Crippen LogP contribution in [0.4, 0.5) is 13.2 Å². The molecule has 0 unspecified atom stereocenters. The molecule has 0 amide bonds. The number of rotatable bonds is 6. The maximum absolute atomic E-state index is 13.0. The number of halogens is 3. The molecule has 20 heavy (non-hydrogen) atoms. The smallest absolute Gasteiger partial charge is 0.123 e. The van der Waals surface area contributed by atoms with Crippen LogP contribution in [0.2, 0.25) is 0 Å². The number of ether oxygens (including phenoxy) is 1. The summed E-state index contributed by atoms with van der Waals surface area (Å²) in [4.78, 5) is 0. The molecule has 106 valence electrons. The van der Waals surface area contributed by atoms with Gasteiger partial charge in [-0.2, -0.15) is 0 Å². The van der Waals surface area contributed by atoms with E-state index in [0.717, 1.165) is 11.1 Å². The lowest BCUT2D eigenvalue weighted by atomic mass is 10.0. The molecule has 0 spiro atoms. The van der Waals surface area contributed by atoms with Gasteiger partial charge >= 0.3 is 0 Å². The first-order chi connectivity index (χ1) is 9.70. The van der Waals surface area contributed by atoms with Gasteiger partial charge < -0.3 is 4.74 Å². The van der Waals surface area contributed by atoms with Gasteiger partial charge in [0.1, 0.15) is 17.7 Å². The molecule has 0 aliphatic carbocycles. The topological polar surface area (TPSA) is 9.23 Å². The summed E-state index contributed by atoms with van der Waals surface area (Å²) in [6, 6.07) is 11.8. The van der Waals surface area contributed by atoms with Crippen LogP contribution >= 0.6 is 0 Å². The van der Waals surface area contributed by atoms with Crippen LogP contribution in [0.5, 0.6) is 0 Å². The lowest BCUT2D eigenvalue weighted by molar-refractivity contribution is 0.0746. The summed E-state index contributed by atoms with van der Waals surface area (Å²) >= 11 is 0. The van der Waals surface area contributed by atoms with E-state index < -0.39 is 12.8 Å². The summed E-state index contributed by atoms with van der Waals surface area (Å²) in [5.74, 6) is -0.675. The molecule has 0 atom stereocenters. The van der Waals surface area contributed by atoms with Gasteiger partial charge in [-0.3, -0.25) is 4.39 Å². The number of alkyl halides is 1. The fourth-order valence-electron chi connectivity index (χ4n) is 1.92. The Morgan fingerprint density at radius 1 is 0.800 bits per heavy atom. The number of hydrogen-bond donors (Lipinski definition) is 0. The first-order valence-corrected chi connectivity index (χ1v) is 6.39. The van der Waals surface area contributed by atoms with Gasteiger partial charge in [0, 0.05) is 0 Å². The third kappa shape index (κ3) is 3.84. The molecule has 0 N–H and O–H groups in total. The van der Waals surface area contributed by atoms with Gasteiger partial charge in [-0.1, -0.05) is 24.3 Å². The molecule has 4 heteroatoms. The van der Waals surface area contributed by atoms with Crippen LogP contribution in [0.1, 0.15) is 23.7 Å². The zero-order valence-electron chi connectivity index (χ0n) is 10.9. The van der Waals surface area contributed by atoms with Crippen LogP contribution < -0.4 is 0 Å². The molecule has 2 rings (SSSR count). The summed E-state index contributed by atoms with van der Waals surface area (Å²) in [6.07, 6.45) is -0.165. The molecular weight excluding hydrogens is 265 g/mol. The lowest BCUT2D eigenvalue weighted by Crippen LogP contribution is -2.08. The van der Waals surface area contributed by atoms with Crippen molar-refractivity contribution in [2.75, 3.05) is 13.3 Å². The Morgan fingerprint density at radius 3 is 1.65 bits per heavy atom. The highest BCUT2D eigenvalue weighted by molar-refractivity contribution is 5.30. The minimum atomic E-state index is -0.459. The van der Waals surface area contributed by atoms with Gasteiger partial charge in [0.25, 0.3) is 0 Å². The Morgan fingerprint density at radius 2 is 1.25 bits per heavy atom. The van der Waals surface area contributed by atoms with E-state index in [-0.39, 0.29) is 18.2 Å². The maximum atomic E-state index is 13.0. The molecule has 1 nitrogen and oxygen atoms in total. The van der Waals surface area contributed by atoms with Crippen LogP contribution in [0.15, 0.2) is 48.5 Å². The van der Waals surface area contributed by atoms with Crippen molar-refractivity contribution in [3.63, 3.8) is 0 Å². The molecule has 0 aliphatic heterocycles. The van der Waals surface area contributed by atoms with Gasteiger partial charge in [0.05, 0.1) is 13.3 Å². The molecule has 0 radical (unpaired) electrons. The van der Waals surface area contributed by atoms with Crippen LogP contribution in [-0.4, -0.2) is 13.3 Å². The number of hydrogen-bond acceptors (Lipinski definition) is 1. The molecule has 0 aromatic heterocycles. The number of benzene rings is 2. The summed E-state index contributed by atoms with van der Waals surface area (Å²) in [5, 5.41) is 0. The molecule has 0 bridgehead atoms. The van der Waals surface area contributed by atoms with Gasteiger partial charge in [0.2, 0.25) is 0 Å². The highest BCUT2D eigenvalue weighted by Gasteiger charge is 2.15. The quantitative estimate of drug-likeness (QED) is 0.711. The molecule has 0 aliphatic rings. The van der Waals surface area contributed by atoms with Crippen LogP contribution in [0, 0.1) is 11.6 Å². The molecule has 0 heterocycles. The Hall–Kier alpha value is -1.81. The Balaban J connectivity index is 2.23. The van der Waals surface area contributed by atoms with Crippen LogP contribution in [-0.2, 0) is 4.74 Å². The van der Waals surface area contributed by atoms with Crippen molar-refractivity contribution in [2.45, 2.75) is 12.5 Å². The average Bonchev–Trinajstić information content (AvgIpc) is 2.46. The molecule has 0 fully saturated rings. The van der Waals surface area contributed by atoms with Gasteiger partial charge in [0.15, 0.2) is 0 Å². The Labute approximate surface area is 116 Å². The van der Waals surface area contributed by atoms with Crippen molar-refractivity contribution in [3.8, 4) is 0 Å². The highest BCUT2D eigenvalue weighted by Crippen LogP contribution is 2.26. The van der Waals surface area contributed by atoms with Gasteiger partial charge in [-0.15, -0.1) is 0 Å². The standard InChI is InChI=1S/C16H15F3O/c17-10-1-11-20-16(12-2-6-14(18)7-3-12)13-4-8-15(19)9-5-13/h2-9,16H,1,10-11H2. The largest absolute Gasteiger partial charge is 0.369 e. The fourth-order valence-corrected chi connectivity index (χ4v) is 1.92. The molecule has 2 aromatic carbocycles. The van der Waals surface area contributed by atoms with Crippen LogP contribution in [0.25, 0.3) is 0 Å². The minimum Gasteiger partial charge on any atom is -0.369 e. The summed E-state index contributed by atoms with van der Waals surface area (Å²) in [7, 11) is 0. The van der Waals surface area contributed by atoms with E-state index in [1.807, 2.05) is 0 Å². The second-order valence-corrected chi connectivity index (χ2v) is 4.40. The zero-order valence-corrected chi connectivity index (χ0v) is 10.9. The zero-order chi connectivity index (χ0) is 14.4. The minimum absolute atomic E-state index is 0.246. The van der Waals surface area contributed by atoms with E-state index in [0.29, 0.717) is 6.42 Å². The van der Waals surface area contributed by atoms with Crippen molar-refractivity contribution in [3.05, 3.63) is 71.3 Å². The van der Waals surface area contributed by atoms with Crippen molar-refractivity contribution in [1.82, 2.24) is 0 Å². The van der Waals surface area contributed by atoms with E-state index in [1.165, 1.54) is 24.3 Å². The lowest BCUT2D eigenvalue weighted by Gasteiger charge is -2.18. The van der Waals surface area contributed by atoms with Crippen molar-refractivity contribution in [1.29, 1.82) is 0 Å². The molecule has 0 saturated carbocycles. The second kappa shape index (κ2) is 7.10. The van der Waals surface area contributed by atoms with E-state index in [4.69, 9.17) is 4.74 Å². The van der Waals surface area contributed by atoms with E-state index in [2.05, 4.69) is 0 Å². The first kappa shape index (κ1) is 14.6. The first-order valence-electron chi connectivity index (χ1n) is 6.39. The van der Waals surface area contributed by atoms with Gasteiger partial charge in [-0.05, 0) is 41.8 Å². The summed E-state index contributed by atoms with van der Waals surface area (Å²) in [5.41, 5.74) is 1.49. The molecule has 2 aromatic rings. The predicted octanol–water partition coefficient (Wildman–Crippen LogP) is 4.43. The Kier molecular flexibility index (Phi) is 5.18. The van der Waals surface area contributed by atoms with Crippen LogP contribution in [0.3, 0.4) is 0 Å². The monoisotopic (exact) mass is 280 g/mol. The van der Waals surface area contributed by atoms with Crippen molar-refractivity contribution >= 4 is 0 Å². The van der Waals surface area contributed by atoms with Crippen molar-refractivity contribution in [2.24, 2.45) is 0 Å². The maximum Gasteiger partial charge on any atom is 0.123 e. The second-order valence-electron chi connectivity index (χ2n) is 4.40. The highest BCUT2D eigenvalue weighted by atomic mass is 19.1. The summed E-state index contributed by atoms with van der Waals surface area (Å²) < 4.78 is 43.8. The molecular formula is C16H15F3O. The fraction of sp³-hybridized carbons (Fsp3) is 0.250. The van der Waals surface area contributed by atoms with Gasteiger partial charge in [-0.25, -0.2) is 8.78 Å². The van der Waals surface area contributed by atoms with E-state index in [1.54, 1.807) is 24.3 Å². The third-order valence-electron chi connectivity index (χ3n) is 2.91. The van der Waals surface area contributed by atoms with E-state index >= 15 is 0 Å². The Bertz CT molecular complexity index is 477. The normalized spacial score (nSPS) is 11.0. The molecule has 0 saturated heterocycles. The SMILES string of the molecule is FCCCOC(c1ccc(F)cc1)c1ccc(F)cc1. The predicted molar refractivity (Wildman–Crippen MR) is 71.2 cm³/mol. The average molecular weight is 280 g/mol. The third-order valence-corrected chi connectivity index (χ3v) is 2.91. The van der Waals surface area contributed by atoms with Crippen molar-refractivity contribution < 1.29 is 17.9 Å².